The summed E-state index contributed by atoms with van der Waals surface area (Å²) in [6, 6.07) is 15.7. The van der Waals surface area contributed by atoms with Crippen LogP contribution in [0.1, 0.15) is 18.1 Å². The van der Waals surface area contributed by atoms with Gasteiger partial charge in [-0.1, -0.05) is 29.4 Å². The van der Waals surface area contributed by atoms with E-state index in [1.165, 1.54) is 3.57 Å². The maximum atomic E-state index is 8.86. The summed E-state index contributed by atoms with van der Waals surface area (Å²) in [6.45, 7) is 2.24. The standard InChI is InChI=1S/C15H14INO2/c1-11(17-18)14-4-2-3-5-15(14)19-10-12-6-8-13(16)9-7-12/h2-9,18H,10H2,1H3. The molecule has 0 aliphatic heterocycles. The monoisotopic (exact) mass is 367 g/mol. The molecule has 2 aromatic rings. The zero-order valence-corrected chi connectivity index (χ0v) is 12.7. The summed E-state index contributed by atoms with van der Waals surface area (Å²) in [6.07, 6.45) is 0. The van der Waals surface area contributed by atoms with Crippen LogP contribution in [0.3, 0.4) is 0 Å². The summed E-state index contributed by atoms with van der Waals surface area (Å²) in [5.41, 5.74) is 2.45. The van der Waals surface area contributed by atoms with Crippen molar-refractivity contribution in [3.05, 3.63) is 63.2 Å². The van der Waals surface area contributed by atoms with Crippen LogP contribution in [-0.4, -0.2) is 10.9 Å². The van der Waals surface area contributed by atoms with Crippen molar-refractivity contribution in [1.82, 2.24) is 0 Å². The highest BCUT2D eigenvalue weighted by atomic mass is 127. The van der Waals surface area contributed by atoms with Crippen molar-refractivity contribution >= 4 is 28.3 Å². The molecule has 0 heterocycles. The lowest BCUT2D eigenvalue weighted by Gasteiger charge is -2.10. The average Bonchev–Trinajstić information content (AvgIpc) is 2.46. The Morgan fingerprint density at radius 1 is 1.16 bits per heavy atom. The second-order valence-corrected chi connectivity index (χ2v) is 5.34. The third-order valence-electron chi connectivity index (χ3n) is 2.73. The third kappa shape index (κ3) is 3.70. The Kier molecular flexibility index (Phi) is 4.79. The number of oxime groups is 1. The van der Waals surface area contributed by atoms with E-state index in [2.05, 4.69) is 27.7 Å². The molecule has 0 aliphatic carbocycles. The first kappa shape index (κ1) is 13.9. The van der Waals surface area contributed by atoms with Crippen LogP contribution in [-0.2, 0) is 6.61 Å². The van der Waals surface area contributed by atoms with E-state index in [-0.39, 0.29) is 0 Å². The highest BCUT2D eigenvalue weighted by Gasteiger charge is 2.06. The molecule has 0 radical (unpaired) electrons. The topological polar surface area (TPSA) is 41.8 Å². The average molecular weight is 367 g/mol. The van der Waals surface area contributed by atoms with E-state index in [1.54, 1.807) is 6.92 Å². The van der Waals surface area contributed by atoms with Gasteiger partial charge in [0.1, 0.15) is 12.4 Å². The SMILES string of the molecule is CC(=NO)c1ccccc1OCc1ccc(I)cc1. The van der Waals surface area contributed by atoms with Crippen LogP contribution < -0.4 is 4.74 Å². The van der Waals surface area contributed by atoms with Crippen LogP contribution in [0.4, 0.5) is 0 Å². The molecular weight excluding hydrogens is 353 g/mol. The lowest BCUT2D eigenvalue weighted by atomic mass is 10.1. The van der Waals surface area contributed by atoms with Crippen molar-refractivity contribution in [2.45, 2.75) is 13.5 Å². The second kappa shape index (κ2) is 6.56. The molecule has 0 bridgehead atoms. The minimum atomic E-state index is 0.493. The van der Waals surface area contributed by atoms with Gasteiger partial charge in [-0.15, -0.1) is 0 Å². The molecule has 2 aromatic carbocycles. The van der Waals surface area contributed by atoms with E-state index in [1.807, 2.05) is 48.5 Å². The number of rotatable bonds is 4. The second-order valence-electron chi connectivity index (χ2n) is 4.10. The molecule has 0 amide bonds. The largest absolute Gasteiger partial charge is 0.488 e. The van der Waals surface area contributed by atoms with Gasteiger partial charge in [0.05, 0.1) is 5.71 Å². The van der Waals surface area contributed by atoms with E-state index in [9.17, 15) is 0 Å². The molecule has 0 saturated carbocycles. The summed E-state index contributed by atoms with van der Waals surface area (Å²) in [5, 5.41) is 12.1. The molecule has 98 valence electrons. The van der Waals surface area contributed by atoms with Gasteiger partial charge in [0.15, 0.2) is 0 Å². The van der Waals surface area contributed by atoms with Gasteiger partial charge in [-0.05, 0) is 59.3 Å². The van der Waals surface area contributed by atoms with Crippen LogP contribution in [0.2, 0.25) is 0 Å². The lowest BCUT2D eigenvalue weighted by Crippen LogP contribution is -2.02. The Bertz CT molecular complexity index is 579. The minimum absolute atomic E-state index is 0.493. The van der Waals surface area contributed by atoms with Crippen LogP contribution in [0, 0.1) is 3.57 Å². The number of nitrogens with zero attached hydrogens (tertiary/aromatic N) is 1. The first-order chi connectivity index (χ1) is 9.20. The maximum absolute atomic E-state index is 8.86. The van der Waals surface area contributed by atoms with E-state index in [0.29, 0.717) is 12.3 Å². The summed E-state index contributed by atoms with van der Waals surface area (Å²) in [5.74, 6) is 0.719. The number of benzene rings is 2. The Labute approximate surface area is 126 Å². The molecule has 0 aliphatic rings. The van der Waals surface area contributed by atoms with Gasteiger partial charge in [0.2, 0.25) is 0 Å². The number of ether oxygens (including phenoxy) is 1. The fourth-order valence-corrected chi connectivity index (χ4v) is 2.05. The van der Waals surface area contributed by atoms with Crippen molar-refractivity contribution in [3.8, 4) is 5.75 Å². The summed E-state index contributed by atoms with van der Waals surface area (Å²) < 4.78 is 6.99. The van der Waals surface area contributed by atoms with Crippen molar-refractivity contribution in [3.63, 3.8) is 0 Å². The molecular formula is C15H14INO2. The Morgan fingerprint density at radius 3 is 2.53 bits per heavy atom. The van der Waals surface area contributed by atoms with Crippen LogP contribution in [0.15, 0.2) is 53.7 Å². The van der Waals surface area contributed by atoms with Gasteiger partial charge in [-0.25, -0.2) is 0 Å². The Hall–Kier alpha value is -1.56. The molecule has 0 fully saturated rings. The van der Waals surface area contributed by atoms with Crippen molar-refractivity contribution in [2.24, 2.45) is 5.16 Å². The normalized spacial score (nSPS) is 11.4. The molecule has 0 unspecified atom stereocenters. The maximum Gasteiger partial charge on any atom is 0.128 e. The Morgan fingerprint density at radius 2 is 1.84 bits per heavy atom. The molecule has 2 rings (SSSR count). The predicted molar refractivity (Wildman–Crippen MR) is 83.9 cm³/mol. The van der Waals surface area contributed by atoms with Crippen LogP contribution >= 0.6 is 22.6 Å². The molecule has 1 N–H and O–H groups in total. The number of hydrogen-bond donors (Lipinski definition) is 1. The molecule has 3 nitrogen and oxygen atoms in total. The highest BCUT2D eigenvalue weighted by molar-refractivity contribution is 14.1. The quantitative estimate of drug-likeness (QED) is 0.383. The summed E-state index contributed by atoms with van der Waals surface area (Å²) in [7, 11) is 0. The van der Waals surface area contributed by atoms with Gasteiger partial charge in [0.25, 0.3) is 0 Å². The lowest BCUT2D eigenvalue weighted by molar-refractivity contribution is 0.303. The van der Waals surface area contributed by atoms with E-state index in [4.69, 9.17) is 9.94 Å². The predicted octanol–water partition coefficient (Wildman–Crippen LogP) is 4.07. The molecule has 19 heavy (non-hydrogen) atoms. The fraction of sp³-hybridized carbons (Fsp3) is 0.133. The summed E-state index contributed by atoms with van der Waals surface area (Å²) in [4.78, 5) is 0. The smallest absolute Gasteiger partial charge is 0.128 e. The molecule has 0 saturated heterocycles. The molecule has 0 atom stereocenters. The Balaban J connectivity index is 2.13. The van der Waals surface area contributed by atoms with E-state index < -0.39 is 0 Å². The van der Waals surface area contributed by atoms with Gasteiger partial charge in [0, 0.05) is 9.13 Å². The molecule has 0 aromatic heterocycles. The van der Waals surface area contributed by atoms with E-state index in [0.717, 1.165) is 16.9 Å². The van der Waals surface area contributed by atoms with Crippen LogP contribution in [0.5, 0.6) is 5.75 Å². The first-order valence-electron chi connectivity index (χ1n) is 5.86. The molecule has 0 spiro atoms. The van der Waals surface area contributed by atoms with Crippen molar-refractivity contribution < 1.29 is 9.94 Å². The highest BCUT2D eigenvalue weighted by Crippen LogP contribution is 2.20. The van der Waals surface area contributed by atoms with Crippen molar-refractivity contribution in [1.29, 1.82) is 0 Å². The van der Waals surface area contributed by atoms with Gasteiger partial charge in [-0.3, -0.25) is 0 Å². The number of hydrogen-bond acceptors (Lipinski definition) is 3. The zero-order valence-electron chi connectivity index (χ0n) is 10.5. The zero-order chi connectivity index (χ0) is 13.7. The van der Waals surface area contributed by atoms with Crippen molar-refractivity contribution in [2.75, 3.05) is 0 Å². The summed E-state index contributed by atoms with van der Waals surface area (Å²) >= 11 is 2.27. The van der Waals surface area contributed by atoms with Crippen LogP contribution in [0.25, 0.3) is 0 Å². The van der Waals surface area contributed by atoms with Gasteiger partial charge >= 0.3 is 0 Å². The van der Waals surface area contributed by atoms with E-state index >= 15 is 0 Å². The number of halogens is 1. The first-order valence-corrected chi connectivity index (χ1v) is 6.94. The van der Waals surface area contributed by atoms with Gasteiger partial charge < -0.3 is 9.94 Å². The number of para-hydroxylation sites is 1. The molecule has 4 heteroatoms. The van der Waals surface area contributed by atoms with Gasteiger partial charge in [-0.2, -0.15) is 0 Å². The minimum Gasteiger partial charge on any atom is -0.488 e. The third-order valence-corrected chi connectivity index (χ3v) is 3.45. The fourth-order valence-electron chi connectivity index (χ4n) is 1.69.